The third kappa shape index (κ3) is 27.0. The van der Waals surface area contributed by atoms with Gasteiger partial charge in [0.25, 0.3) is 5.79 Å². The van der Waals surface area contributed by atoms with E-state index in [4.69, 9.17) is 76.2 Å². The van der Waals surface area contributed by atoms with Gasteiger partial charge in [-0.25, -0.2) is 9.59 Å². The lowest BCUT2D eigenvalue weighted by molar-refractivity contribution is -0.391. The maximum Gasteiger partial charge on any atom is 0.364 e. The van der Waals surface area contributed by atoms with Crippen molar-refractivity contribution in [2.45, 2.75) is 181 Å². The summed E-state index contributed by atoms with van der Waals surface area (Å²) >= 11 is 0. The summed E-state index contributed by atoms with van der Waals surface area (Å²) < 4.78 is 84.7. The molecule has 21 atom stereocenters. The molecule has 38 heteroatoms. The van der Waals surface area contributed by atoms with Crippen molar-refractivity contribution in [1.29, 1.82) is 0 Å². The third-order valence-electron chi connectivity index (χ3n) is 14.7. The Labute approximate surface area is 535 Å². The molecule has 93 heavy (non-hydrogen) atoms. The molecule has 38 nitrogen and oxygen atoms in total. The van der Waals surface area contributed by atoms with Gasteiger partial charge in [-0.1, -0.05) is 6.42 Å². The highest BCUT2D eigenvalue weighted by Gasteiger charge is 2.61. The fourth-order valence-electron chi connectivity index (χ4n) is 9.96. The van der Waals surface area contributed by atoms with Gasteiger partial charge in [0.15, 0.2) is 18.9 Å². The molecule has 0 radical (unpaired) electrons. The smallest absolute Gasteiger partial charge is 0.364 e. The van der Waals surface area contributed by atoms with E-state index in [1.165, 1.54) is 6.92 Å². The Morgan fingerprint density at radius 1 is 0.538 bits per heavy atom. The van der Waals surface area contributed by atoms with Crippen LogP contribution in [-0.4, -0.2) is 362 Å². The van der Waals surface area contributed by atoms with Gasteiger partial charge in [0.2, 0.25) is 23.6 Å². The van der Waals surface area contributed by atoms with Crippen LogP contribution in [0.3, 0.4) is 0 Å². The zero-order valence-corrected chi connectivity index (χ0v) is 52.1. The summed E-state index contributed by atoms with van der Waals surface area (Å²) in [6.07, 6.45) is -34.3. The first-order valence-corrected chi connectivity index (χ1v) is 30.5. The molecular weight excluding hydrogens is 1260 g/mol. The standard InChI is InChI=1S/C55H96N4O34/c1-29-41(71)44(74)45(75)52(87-29)91-49-40(59-31(3)64)51(86-10-6-4-5-7-36(67)56-8-9-57-37(68)27-84-21-19-82-17-15-80-13-11-79-12-14-81-16-18-83-20-22-85-28-38(69)70)89-35(26-62)47(49)90-53-46(76)50(43(73)34(25-61)88-53)93-55(54(77)78)23-32(65)39(58-30(2)63)48(92-55)42(72)33(66)24-60/h29,32-35,39-53,60-62,65-66,71-76H,4-28H2,1-3H3,(H,56,67)(H,57,68)(H,58,63)(H,59,64)(H,69,70)(H,77,78)/t29-,32-,33+,34+,35+,39+,40+,41+,42+,43-,44+,45-,46+,47+,48+,49+,50-,51+,52-,53-,55-/m0/s1. The topological polar surface area (TPSA) is 552 Å². The van der Waals surface area contributed by atoms with Crippen molar-refractivity contribution >= 4 is 35.6 Å². The Hall–Kier alpha value is -4.22. The van der Waals surface area contributed by atoms with Crippen LogP contribution in [0.25, 0.3) is 0 Å². The summed E-state index contributed by atoms with van der Waals surface area (Å²) in [6.45, 7) is 3.34. The molecule has 0 aromatic heterocycles. The van der Waals surface area contributed by atoms with Crippen LogP contribution in [-0.2, 0) is 99.8 Å². The van der Waals surface area contributed by atoms with Gasteiger partial charge in [0.1, 0.15) is 98.6 Å². The van der Waals surface area contributed by atoms with Crippen molar-refractivity contribution in [3.63, 3.8) is 0 Å². The molecule has 0 unspecified atom stereocenters. The number of carbonyl (C=O) groups excluding carboxylic acids is 4. The number of hydrogen-bond acceptors (Lipinski definition) is 32. The highest BCUT2D eigenvalue weighted by molar-refractivity contribution is 5.78. The molecule has 0 aromatic carbocycles. The van der Waals surface area contributed by atoms with E-state index in [1.807, 2.05) is 0 Å². The molecule has 0 aromatic rings. The number of aliphatic hydroxyl groups is 11. The second-order valence-electron chi connectivity index (χ2n) is 21.9. The molecule has 4 rings (SSSR count). The number of carbonyl (C=O) groups is 6. The minimum Gasteiger partial charge on any atom is -0.480 e. The Morgan fingerprint density at radius 2 is 1.04 bits per heavy atom. The minimum atomic E-state index is -3.17. The highest BCUT2D eigenvalue weighted by Crippen LogP contribution is 2.39. The molecule has 0 spiro atoms. The second kappa shape index (κ2) is 43.1. The van der Waals surface area contributed by atoms with E-state index in [-0.39, 0.29) is 78.1 Å². The maximum absolute atomic E-state index is 13.1. The van der Waals surface area contributed by atoms with Crippen LogP contribution in [0.1, 0.15) is 52.9 Å². The molecule has 4 heterocycles. The highest BCUT2D eigenvalue weighted by atomic mass is 16.8. The van der Waals surface area contributed by atoms with Gasteiger partial charge in [-0.05, 0) is 19.8 Å². The number of aliphatic carboxylic acids is 2. The van der Waals surface area contributed by atoms with Crippen LogP contribution in [0.4, 0.5) is 0 Å². The van der Waals surface area contributed by atoms with Crippen molar-refractivity contribution in [1.82, 2.24) is 21.3 Å². The van der Waals surface area contributed by atoms with E-state index in [9.17, 15) is 90.0 Å². The van der Waals surface area contributed by atoms with Crippen molar-refractivity contribution in [2.24, 2.45) is 0 Å². The van der Waals surface area contributed by atoms with Gasteiger partial charge >= 0.3 is 11.9 Å². The first kappa shape index (κ1) is 81.2. The Bertz CT molecular complexity index is 2180. The van der Waals surface area contributed by atoms with Crippen LogP contribution in [0.5, 0.6) is 0 Å². The SMILES string of the molecule is CC(=O)N[C@H]1[C@H](OCCCCCC(=O)NCCNC(=O)COCCOCCOCCOCCOCCOCCOCC(=O)O)O[C@H](CO)[C@@H](O[C@@H]2O[C@H](CO)[C@H](O)[C@H](O[C@]3(C(=O)O)C[C@H](O)[C@@H](NC(C)=O)[C@H]([C@H](O)[C@H](O)CO)O3)[C@H]2O)[C@@H]1O[C@@H]1O[C@@H](C)[C@@H](O)[C@@H](O)[C@@H]1O. The number of carboxylic acid groups (broad SMARTS) is 2. The largest absolute Gasteiger partial charge is 0.480 e. The van der Waals surface area contributed by atoms with E-state index in [2.05, 4.69) is 21.3 Å². The molecule has 4 aliphatic heterocycles. The first-order chi connectivity index (χ1) is 44.4. The molecular formula is C55H96N4O34. The maximum atomic E-state index is 13.1. The van der Waals surface area contributed by atoms with E-state index in [1.54, 1.807) is 0 Å². The summed E-state index contributed by atoms with van der Waals surface area (Å²) in [5.41, 5.74) is 0. The van der Waals surface area contributed by atoms with Crippen LogP contribution >= 0.6 is 0 Å². The van der Waals surface area contributed by atoms with Crippen molar-refractivity contribution < 1.29 is 166 Å². The Balaban J connectivity index is 1.26. The van der Waals surface area contributed by atoms with Gasteiger partial charge in [0.05, 0.1) is 117 Å². The molecule has 4 saturated heterocycles. The lowest BCUT2D eigenvalue weighted by atomic mass is 9.88. The summed E-state index contributed by atoms with van der Waals surface area (Å²) in [4.78, 5) is 73.4. The van der Waals surface area contributed by atoms with E-state index < -0.39 is 184 Å². The van der Waals surface area contributed by atoms with Crippen molar-refractivity contribution in [2.75, 3.05) is 132 Å². The summed E-state index contributed by atoms with van der Waals surface area (Å²) in [7, 11) is 0. The van der Waals surface area contributed by atoms with Crippen molar-refractivity contribution in [3.8, 4) is 0 Å². The lowest BCUT2D eigenvalue weighted by Gasteiger charge is -2.51. The van der Waals surface area contributed by atoms with Crippen molar-refractivity contribution in [3.05, 3.63) is 0 Å². The fraction of sp³-hybridized carbons (Fsp3) is 0.891. The number of unbranched alkanes of at least 4 members (excludes halogenated alkanes) is 2. The monoisotopic (exact) mass is 1360 g/mol. The number of amides is 4. The number of rotatable bonds is 46. The van der Waals surface area contributed by atoms with Gasteiger partial charge < -0.3 is 159 Å². The van der Waals surface area contributed by atoms with E-state index >= 15 is 0 Å². The zero-order valence-electron chi connectivity index (χ0n) is 52.1. The van der Waals surface area contributed by atoms with E-state index in [0.717, 1.165) is 13.8 Å². The Morgan fingerprint density at radius 3 is 1.57 bits per heavy atom. The first-order valence-electron chi connectivity index (χ1n) is 30.5. The average molecular weight is 1360 g/mol. The van der Waals surface area contributed by atoms with Crippen LogP contribution in [0.15, 0.2) is 0 Å². The normalized spacial score (nSPS) is 32.1. The molecule has 4 amide bonds. The molecule has 540 valence electrons. The summed E-state index contributed by atoms with van der Waals surface area (Å²) in [5.74, 6) is -8.52. The van der Waals surface area contributed by atoms with Crippen LogP contribution in [0.2, 0.25) is 0 Å². The van der Waals surface area contributed by atoms with Gasteiger partial charge in [-0.3, -0.25) is 19.2 Å². The number of nitrogens with one attached hydrogen (secondary N) is 4. The van der Waals surface area contributed by atoms with E-state index in [0.29, 0.717) is 65.7 Å². The predicted molar refractivity (Wildman–Crippen MR) is 304 cm³/mol. The van der Waals surface area contributed by atoms with Gasteiger partial charge in [0, 0.05) is 46.4 Å². The molecule has 0 bridgehead atoms. The quantitative estimate of drug-likeness (QED) is 0.0252. The number of carboxylic acids is 2. The minimum absolute atomic E-state index is 0.0825. The summed E-state index contributed by atoms with van der Waals surface area (Å²) in [6, 6.07) is -3.16. The third-order valence-corrected chi connectivity index (χ3v) is 14.7. The fourth-order valence-corrected chi connectivity index (χ4v) is 9.96. The molecule has 17 N–H and O–H groups in total. The summed E-state index contributed by atoms with van der Waals surface area (Å²) in [5, 5.41) is 148. The Kier molecular flexibility index (Phi) is 37.7. The number of hydrogen-bond donors (Lipinski definition) is 17. The molecule has 0 saturated carbocycles. The molecule has 0 aliphatic carbocycles. The number of ether oxygens (including phenoxy) is 15. The lowest BCUT2D eigenvalue weighted by Crippen LogP contribution is -2.71. The molecule has 4 aliphatic rings. The average Bonchev–Trinajstić information content (AvgIpc) is 0.763. The van der Waals surface area contributed by atoms with Crippen LogP contribution < -0.4 is 21.3 Å². The zero-order chi connectivity index (χ0) is 68.6. The number of aliphatic hydroxyl groups excluding tert-OH is 11. The van der Waals surface area contributed by atoms with Gasteiger partial charge in [-0.15, -0.1) is 0 Å². The predicted octanol–water partition coefficient (Wildman–Crippen LogP) is -9.21. The van der Waals surface area contributed by atoms with Gasteiger partial charge in [-0.2, -0.15) is 0 Å². The van der Waals surface area contributed by atoms with Crippen LogP contribution in [0, 0.1) is 0 Å². The molecule has 4 fully saturated rings. The second-order valence-corrected chi connectivity index (χ2v) is 21.9.